The Hall–Kier alpha value is -0.0900. The van der Waals surface area contributed by atoms with Gasteiger partial charge in [-0.1, -0.05) is 12.8 Å². The first kappa shape index (κ1) is 11.0. The van der Waals surface area contributed by atoms with Crippen molar-refractivity contribution in [2.45, 2.75) is 25.7 Å². The standard InChI is InChI=1S/C9H20N2OS/c1-13(2,12)11-8-9(7-10)5-3-4-6-9/h3-8,10H2,1-2H3. The molecule has 0 spiro atoms. The minimum atomic E-state index is -1.94. The van der Waals surface area contributed by atoms with Crippen molar-refractivity contribution in [2.24, 2.45) is 15.5 Å². The van der Waals surface area contributed by atoms with Gasteiger partial charge in [0.05, 0.1) is 6.54 Å². The molecule has 0 unspecified atom stereocenters. The minimum absolute atomic E-state index is 0.175. The molecule has 0 aromatic rings. The fraction of sp³-hybridized carbons (Fsp3) is 1.00. The third-order valence-electron chi connectivity index (χ3n) is 2.81. The molecule has 0 aliphatic heterocycles. The quantitative estimate of drug-likeness (QED) is 0.752. The summed E-state index contributed by atoms with van der Waals surface area (Å²) < 4.78 is 15.6. The number of nitrogens with two attached hydrogens (primary N) is 1. The molecule has 0 aromatic carbocycles. The first-order chi connectivity index (χ1) is 5.97. The van der Waals surface area contributed by atoms with Gasteiger partial charge >= 0.3 is 0 Å². The van der Waals surface area contributed by atoms with Gasteiger partial charge in [0.1, 0.15) is 0 Å². The summed E-state index contributed by atoms with van der Waals surface area (Å²) in [4.78, 5) is 0. The lowest BCUT2D eigenvalue weighted by molar-refractivity contribution is 0.323. The molecule has 78 valence electrons. The summed E-state index contributed by atoms with van der Waals surface area (Å²) in [6, 6.07) is 0. The van der Waals surface area contributed by atoms with Gasteiger partial charge in [-0.05, 0) is 19.4 Å². The van der Waals surface area contributed by atoms with E-state index in [1.807, 2.05) is 0 Å². The Bertz CT molecular complexity index is 265. The van der Waals surface area contributed by atoms with Gasteiger partial charge in [0.2, 0.25) is 0 Å². The van der Waals surface area contributed by atoms with Crippen molar-refractivity contribution in [2.75, 3.05) is 25.6 Å². The van der Waals surface area contributed by atoms with Crippen LogP contribution in [0.2, 0.25) is 0 Å². The molecular formula is C9H20N2OS. The molecule has 1 aliphatic carbocycles. The van der Waals surface area contributed by atoms with Crippen molar-refractivity contribution >= 4 is 9.73 Å². The van der Waals surface area contributed by atoms with E-state index in [4.69, 9.17) is 5.73 Å². The minimum Gasteiger partial charge on any atom is -0.330 e. The highest BCUT2D eigenvalue weighted by atomic mass is 32.2. The van der Waals surface area contributed by atoms with E-state index in [1.54, 1.807) is 12.5 Å². The van der Waals surface area contributed by atoms with Crippen molar-refractivity contribution in [3.05, 3.63) is 0 Å². The zero-order chi connectivity index (χ0) is 9.95. The van der Waals surface area contributed by atoms with Gasteiger partial charge in [-0.3, -0.25) is 4.21 Å². The monoisotopic (exact) mass is 204 g/mol. The predicted octanol–water partition coefficient (Wildman–Crippen LogP) is 1.23. The largest absolute Gasteiger partial charge is 0.330 e. The molecule has 0 radical (unpaired) electrons. The summed E-state index contributed by atoms with van der Waals surface area (Å²) in [5.41, 5.74) is 5.92. The van der Waals surface area contributed by atoms with Gasteiger partial charge in [-0.15, -0.1) is 0 Å². The summed E-state index contributed by atoms with van der Waals surface area (Å²) in [6.07, 6.45) is 8.19. The van der Waals surface area contributed by atoms with E-state index in [0.29, 0.717) is 13.1 Å². The van der Waals surface area contributed by atoms with Crippen LogP contribution in [0.25, 0.3) is 0 Å². The second kappa shape index (κ2) is 3.96. The van der Waals surface area contributed by atoms with Crippen molar-refractivity contribution < 1.29 is 4.21 Å². The number of hydrogen-bond donors (Lipinski definition) is 1. The Balaban J connectivity index is 2.65. The molecule has 0 amide bonds. The van der Waals surface area contributed by atoms with Gasteiger partial charge < -0.3 is 5.73 Å². The highest BCUT2D eigenvalue weighted by Crippen LogP contribution is 2.37. The SMILES string of the molecule is CS(C)(=O)=NCC1(CN)CCCC1. The topological polar surface area (TPSA) is 55.5 Å². The van der Waals surface area contributed by atoms with Crippen molar-refractivity contribution in [1.29, 1.82) is 0 Å². The second-order valence-electron chi connectivity index (χ2n) is 4.38. The zero-order valence-electron chi connectivity index (χ0n) is 8.58. The second-order valence-corrected chi connectivity index (χ2v) is 7.00. The lowest BCUT2D eigenvalue weighted by Gasteiger charge is -2.24. The molecule has 0 atom stereocenters. The van der Waals surface area contributed by atoms with Crippen LogP contribution in [0, 0.1) is 5.41 Å². The van der Waals surface area contributed by atoms with Crippen LogP contribution in [0.15, 0.2) is 4.36 Å². The highest BCUT2D eigenvalue weighted by molar-refractivity contribution is 7.92. The van der Waals surface area contributed by atoms with Crippen LogP contribution in [0.4, 0.5) is 0 Å². The van der Waals surface area contributed by atoms with Crippen LogP contribution in [0.5, 0.6) is 0 Å². The van der Waals surface area contributed by atoms with Gasteiger partial charge in [-0.25, -0.2) is 4.36 Å². The van der Waals surface area contributed by atoms with Gasteiger partial charge in [0.15, 0.2) is 0 Å². The lowest BCUT2D eigenvalue weighted by atomic mass is 9.87. The summed E-state index contributed by atoms with van der Waals surface area (Å²) in [5.74, 6) is 0. The molecule has 0 bridgehead atoms. The number of hydrogen-bond acceptors (Lipinski definition) is 3. The molecular weight excluding hydrogens is 184 g/mol. The van der Waals surface area contributed by atoms with Crippen LogP contribution in [0.1, 0.15) is 25.7 Å². The van der Waals surface area contributed by atoms with Crippen LogP contribution < -0.4 is 5.73 Å². The average molecular weight is 204 g/mol. The van der Waals surface area contributed by atoms with Crippen molar-refractivity contribution in [3.8, 4) is 0 Å². The maximum absolute atomic E-state index is 11.4. The Kier molecular flexibility index (Phi) is 3.35. The number of rotatable bonds is 3. The Morgan fingerprint density at radius 2 is 1.92 bits per heavy atom. The first-order valence-corrected chi connectivity index (χ1v) is 7.14. The molecule has 1 rings (SSSR count). The van der Waals surface area contributed by atoms with E-state index < -0.39 is 9.73 Å². The molecule has 2 N–H and O–H groups in total. The molecule has 0 saturated heterocycles. The van der Waals surface area contributed by atoms with Crippen LogP contribution in [0.3, 0.4) is 0 Å². The molecule has 0 heterocycles. The fourth-order valence-corrected chi connectivity index (χ4v) is 2.43. The summed E-state index contributed by atoms with van der Waals surface area (Å²) >= 11 is 0. The molecule has 3 nitrogen and oxygen atoms in total. The smallest absolute Gasteiger partial charge is 0.0552 e. The molecule has 1 fully saturated rings. The summed E-state index contributed by atoms with van der Waals surface area (Å²) in [5, 5.41) is 0. The Labute approximate surface area is 81.3 Å². The maximum atomic E-state index is 11.4. The van der Waals surface area contributed by atoms with Crippen molar-refractivity contribution in [1.82, 2.24) is 0 Å². The molecule has 4 heteroatoms. The Morgan fingerprint density at radius 3 is 2.31 bits per heavy atom. The molecule has 13 heavy (non-hydrogen) atoms. The molecule has 1 aliphatic rings. The first-order valence-electron chi connectivity index (χ1n) is 4.80. The van der Waals surface area contributed by atoms with Crippen LogP contribution in [-0.2, 0) is 9.73 Å². The lowest BCUT2D eigenvalue weighted by Crippen LogP contribution is -2.30. The summed E-state index contributed by atoms with van der Waals surface area (Å²) in [6.45, 7) is 1.38. The van der Waals surface area contributed by atoms with Gasteiger partial charge in [0.25, 0.3) is 0 Å². The fourth-order valence-electron chi connectivity index (χ4n) is 1.84. The zero-order valence-corrected chi connectivity index (χ0v) is 9.40. The number of nitrogens with zero attached hydrogens (tertiary/aromatic N) is 1. The van der Waals surface area contributed by atoms with Crippen LogP contribution >= 0.6 is 0 Å². The van der Waals surface area contributed by atoms with E-state index >= 15 is 0 Å². The van der Waals surface area contributed by atoms with Crippen molar-refractivity contribution in [3.63, 3.8) is 0 Å². The Morgan fingerprint density at radius 1 is 1.38 bits per heavy atom. The summed E-state index contributed by atoms with van der Waals surface area (Å²) in [7, 11) is -1.94. The average Bonchev–Trinajstić information content (AvgIpc) is 2.49. The molecule has 0 aromatic heterocycles. The van der Waals surface area contributed by atoms with E-state index in [0.717, 1.165) is 12.8 Å². The van der Waals surface area contributed by atoms with Crippen LogP contribution in [-0.4, -0.2) is 29.8 Å². The normalized spacial score (nSPS) is 21.8. The van der Waals surface area contributed by atoms with E-state index in [-0.39, 0.29) is 5.41 Å². The van der Waals surface area contributed by atoms with E-state index in [1.165, 1.54) is 12.8 Å². The van der Waals surface area contributed by atoms with E-state index in [9.17, 15) is 4.21 Å². The maximum Gasteiger partial charge on any atom is 0.0552 e. The highest BCUT2D eigenvalue weighted by Gasteiger charge is 2.32. The predicted molar refractivity (Wildman–Crippen MR) is 57.2 cm³/mol. The third-order valence-corrected chi connectivity index (χ3v) is 3.56. The molecule has 1 saturated carbocycles. The van der Waals surface area contributed by atoms with Gasteiger partial charge in [0, 0.05) is 27.7 Å². The third kappa shape index (κ3) is 3.27. The van der Waals surface area contributed by atoms with Gasteiger partial charge in [-0.2, -0.15) is 0 Å². The van der Waals surface area contributed by atoms with E-state index in [2.05, 4.69) is 4.36 Å².